The number of hydrogen-bond acceptors (Lipinski definition) is 4. The van der Waals surface area contributed by atoms with Crippen molar-refractivity contribution in [2.75, 3.05) is 13.1 Å². The Kier molecular flexibility index (Phi) is 5.39. The van der Waals surface area contributed by atoms with E-state index in [9.17, 15) is 4.79 Å². The highest BCUT2D eigenvalue weighted by Gasteiger charge is 2.27. The molecule has 1 aromatic heterocycles. The van der Waals surface area contributed by atoms with Gasteiger partial charge in [-0.15, -0.1) is 0 Å². The molecule has 0 atom stereocenters. The van der Waals surface area contributed by atoms with Gasteiger partial charge in [-0.05, 0) is 31.4 Å². The van der Waals surface area contributed by atoms with Crippen LogP contribution < -0.4 is 4.74 Å². The number of thiazole rings is 1. The summed E-state index contributed by atoms with van der Waals surface area (Å²) in [7, 11) is 0. The highest BCUT2D eigenvalue weighted by Crippen LogP contribution is 2.31. The Labute approximate surface area is 147 Å². The van der Waals surface area contributed by atoms with E-state index in [1.54, 1.807) is 11.3 Å². The number of benzene rings is 1. The van der Waals surface area contributed by atoms with Crippen LogP contribution in [0.2, 0.25) is 0 Å². The Morgan fingerprint density at radius 2 is 2.04 bits per heavy atom. The van der Waals surface area contributed by atoms with E-state index in [0.29, 0.717) is 5.91 Å². The predicted molar refractivity (Wildman–Crippen MR) is 98.7 cm³/mol. The SMILES string of the molecule is CCC(CC)C(=O)N1CCC(Oc2nc3c(C)cccc3s2)CC1. The van der Waals surface area contributed by atoms with Gasteiger partial charge in [-0.3, -0.25) is 4.79 Å². The highest BCUT2D eigenvalue weighted by molar-refractivity contribution is 7.20. The van der Waals surface area contributed by atoms with E-state index in [4.69, 9.17) is 4.74 Å². The molecule has 0 saturated carbocycles. The first-order chi connectivity index (χ1) is 11.6. The molecule has 0 bridgehead atoms. The molecule has 0 radical (unpaired) electrons. The molecule has 1 fully saturated rings. The maximum absolute atomic E-state index is 12.5. The average Bonchev–Trinajstić information content (AvgIpc) is 3.00. The van der Waals surface area contributed by atoms with Gasteiger partial charge in [-0.25, -0.2) is 4.98 Å². The smallest absolute Gasteiger partial charge is 0.274 e. The lowest BCUT2D eigenvalue weighted by Crippen LogP contribution is -2.44. The van der Waals surface area contributed by atoms with Gasteiger partial charge >= 0.3 is 0 Å². The lowest BCUT2D eigenvalue weighted by atomic mass is 9.99. The number of para-hydroxylation sites is 1. The molecule has 130 valence electrons. The zero-order chi connectivity index (χ0) is 17.1. The van der Waals surface area contributed by atoms with Crippen molar-refractivity contribution >= 4 is 27.5 Å². The lowest BCUT2D eigenvalue weighted by Gasteiger charge is -2.33. The van der Waals surface area contributed by atoms with Crippen molar-refractivity contribution in [2.24, 2.45) is 5.92 Å². The van der Waals surface area contributed by atoms with Gasteiger partial charge in [0.15, 0.2) is 0 Å². The molecule has 1 aliphatic rings. The van der Waals surface area contributed by atoms with Crippen molar-refractivity contribution in [3.05, 3.63) is 23.8 Å². The topological polar surface area (TPSA) is 42.4 Å². The zero-order valence-electron chi connectivity index (χ0n) is 14.7. The number of piperidine rings is 1. The highest BCUT2D eigenvalue weighted by atomic mass is 32.1. The first-order valence-corrected chi connectivity index (χ1v) is 9.75. The fourth-order valence-corrected chi connectivity index (χ4v) is 4.31. The molecule has 2 aromatic rings. The third-order valence-corrected chi connectivity index (χ3v) is 5.87. The van der Waals surface area contributed by atoms with Crippen LogP contribution in [-0.4, -0.2) is 35.0 Å². The van der Waals surface area contributed by atoms with Crippen LogP contribution in [0.25, 0.3) is 10.2 Å². The molecule has 1 aromatic carbocycles. The fraction of sp³-hybridized carbons (Fsp3) is 0.579. The number of fused-ring (bicyclic) bond motifs is 1. The molecule has 5 heteroatoms. The van der Waals surface area contributed by atoms with E-state index < -0.39 is 0 Å². The van der Waals surface area contributed by atoms with Crippen LogP contribution in [-0.2, 0) is 4.79 Å². The summed E-state index contributed by atoms with van der Waals surface area (Å²) >= 11 is 1.61. The second kappa shape index (κ2) is 7.51. The number of hydrogen-bond donors (Lipinski definition) is 0. The summed E-state index contributed by atoms with van der Waals surface area (Å²) in [6.45, 7) is 7.86. The summed E-state index contributed by atoms with van der Waals surface area (Å²) in [5.74, 6) is 0.490. The molecule has 0 spiro atoms. The maximum Gasteiger partial charge on any atom is 0.274 e. The van der Waals surface area contributed by atoms with Crippen LogP contribution >= 0.6 is 11.3 Å². The van der Waals surface area contributed by atoms with Crippen molar-refractivity contribution in [1.82, 2.24) is 9.88 Å². The molecule has 1 aliphatic heterocycles. The van der Waals surface area contributed by atoms with Crippen LogP contribution in [0.4, 0.5) is 0 Å². The molecule has 0 N–H and O–H groups in total. The fourth-order valence-electron chi connectivity index (χ4n) is 3.35. The largest absolute Gasteiger partial charge is 0.467 e. The lowest BCUT2D eigenvalue weighted by molar-refractivity contribution is -0.137. The Morgan fingerprint density at radius 3 is 2.67 bits per heavy atom. The summed E-state index contributed by atoms with van der Waals surface area (Å²) in [5.41, 5.74) is 2.23. The number of likely N-dealkylation sites (tertiary alicyclic amines) is 1. The summed E-state index contributed by atoms with van der Waals surface area (Å²) in [4.78, 5) is 19.1. The number of rotatable bonds is 5. The van der Waals surface area contributed by atoms with Gasteiger partial charge in [0.05, 0.1) is 10.2 Å². The molecule has 0 unspecified atom stereocenters. The average molecular weight is 346 g/mol. The van der Waals surface area contributed by atoms with E-state index in [1.807, 2.05) is 4.90 Å². The van der Waals surface area contributed by atoms with Crippen LogP contribution in [0.15, 0.2) is 18.2 Å². The summed E-state index contributed by atoms with van der Waals surface area (Å²) in [6, 6.07) is 6.22. The van der Waals surface area contributed by atoms with E-state index >= 15 is 0 Å². The molecule has 1 amide bonds. The minimum atomic E-state index is 0.164. The summed E-state index contributed by atoms with van der Waals surface area (Å²) < 4.78 is 7.28. The second-order valence-electron chi connectivity index (χ2n) is 6.56. The predicted octanol–water partition coefficient (Wildman–Crippen LogP) is 4.41. The number of amides is 1. The van der Waals surface area contributed by atoms with Gasteiger partial charge in [-0.2, -0.15) is 0 Å². The Balaban J connectivity index is 1.58. The maximum atomic E-state index is 12.5. The quantitative estimate of drug-likeness (QED) is 0.805. The third-order valence-electron chi connectivity index (χ3n) is 4.96. The zero-order valence-corrected chi connectivity index (χ0v) is 15.6. The van der Waals surface area contributed by atoms with Crippen molar-refractivity contribution in [2.45, 2.75) is 52.6 Å². The number of aromatic nitrogens is 1. The Hall–Kier alpha value is -1.62. The molecular formula is C19H26N2O2S. The number of ether oxygens (including phenoxy) is 1. The normalized spacial score (nSPS) is 16.1. The Bertz CT molecular complexity index is 700. The number of aryl methyl sites for hydroxylation is 1. The van der Waals surface area contributed by atoms with Crippen LogP contribution in [0.5, 0.6) is 5.19 Å². The van der Waals surface area contributed by atoms with E-state index in [-0.39, 0.29) is 12.0 Å². The summed E-state index contributed by atoms with van der Waals surface area (Å²) in [6.07, 6.45) is 3.80. The molecule has 0 aliphatic carbocycles. The minimum Gasteiger partial charge on any atom is -0.467 e. The van der Waals surface area contributed by atoms with Gasteiger partial charge in [0.25, 0.3) is 5.19 Å². The van der Waals surface area contributed by atoms with Crippen LogP contribution in [0.3, 0.4) is 0 Å². The monoisotopic (exact) mass is 346 g/mol. The number of carbonyl (C=O) groups excluding carboxylic acids is 1. The molecular weight excluding hydrogens is 320 g/mol. The molecule has 2 heterocycles. The summed E-state index contributed by atoms with van der Waals surface area (Å²) in [5, 5.41) is 0.754. The second-order valence-corrected chi connectivity index (χ2v) is 7.55. The third kappa shape index (κ3) is 3.56. The molecule has 24 heavy (non-hydrogen) atoms. The van der Waals surface area contributed by atoms with E-state index in [2.05, 4.69) is 44.0 Å². The first kappa shape index (κ1) is 17.2. The van der Waals surface area contributed by atoms with Crippen molar-refractivity contribution in [1.29, 1.82) is 0 Å². The van der Waals surface area contributed by atoms with Gasteiger partial charge in [-0.1, -0.05) is 37.3 Å². The van der Waals surface area contributed by atoms with E-state index in [1.165, 1.54) is 10.3 Å². The number of nitrogens with zero attached hydrogens (tertiary/aromatic N) is 2. The first-order valence-electron chi connectivity index (χ1n) is 8.94. The van der Waals surface area contributed by atoms with Crippen LogP contribution in [0.1, 0.15) is 45.1 Å². The molecule has 1 saturated heterocycles. The molecule has 4 nitrogen and oxygen atoms in total. The van der Waals surface area contributed by atoms with Crippen LogP contribution in [0, 0.1) is 12.8 Å². The van der Waals surface area contributed by atoms with Crippen molar-refractivity contribution < 1.29 is 9.53 Å². The number of carbonyl (C=O) groups is 1. The minimum absolute atomic E-state index is 0.164. The van der Waals surface area contributed by atoms with Gasteiger partial charge < -0.3 is 9.64 Å². The van der Waals surface area contributed by atoms with E-state index in [0.717, 1.165) is 49.5 Å². The van der Waals surface area contributed by atoms with Crippen molar-refractivity contribution in [3.63, 3.8) is 0 Å². The van der Waals surface area contributed by atoms with Gasteiger partial charge in [0, 0.05) is 31.8 Å². The van der Waals surface area contributed by atoms with Gasteiger partial charge in [0.1, 0.15) is 6.10 Å². The van der Waals surface area contributed by atoms with Crippen molar-refractivity contribution in [3.8, 4) is 5.19 Å². The standard InChI is InChI=1S/C19H26N2O2S/c1-4-14(5-2)18(22)21-11-9-15(10-12-21)23-19-20-17-13(3)7-6-8-16(17)24-19/h6-8,14-15H,4-5,9-12H2,1-3H3. The Morgan fingerprint density at radius 1 is 1.33 bits per heavy atom. The molecule has 3 rings (SSSR count). The van der Waals surface area contributed by atoms with Gasteiger partial charge in [0.2, 0.25) is 5.91 Å².